The van der Waals surface area contributed by atoms with Gasteiger partial charge in [0.2, 0.25) is 0 Å². The summed E-state index contributed by atoms with van der Waals surface area (Å²) < 4.78 is 0. The summed E-state index contributed by atoms with van der Waals surface area (Å²) in [5, 5.41) is 12.5. The van der Waals surface area contributed by atoms with Crippen LogP contribution in [-0.4, -0.2) is 6.04 Å². The van der Waals surface area contributed by atoms with Crippen LogP contribution in [0.2, 0.25) is 0 Å². The first kappa shape index (κ1) is 11.2. The number of rotatable bonds is 3. The Morgan fingerprint density at radius 2 is 2.12 bits per heavy atom. The largest absolute Gasteiger partial charge is 0.307 e. The van der Waals surface area contributed by atoms with Gasteiger partial charge in [-0.15, -0.1) is 0 Å². The predicted octanol–water partition coefficient (Wildman–Crippen LogP) is 3.15. The monoisotopic (exact) mass is 214 g/mol. The second-order valence-electron chi connectivity index (χ2n) is 4.61. The molecule has 1 aromatic carbocycles. The Labute approximate surface area is 97.3 Å². The second kappa shape index (κ2) is 5.14. The van der Waals surface area contributed by atoms with Crippen LogP contribution in [0.25, 0.3) is 0 Å². The van der Waals surface area contributed by atoms with Crippen LogP contribution in [0.3, 0.4) is 0 Å². The van der Waals surface area contributed by atoms with Crippen LogP contribution >= 0.6 is 0 Å². The molecule has 1 aliphatic carbocycles. The van der Waals surface area contributed by atoms with Crippen molar-refractivity contribution in [2.45, 2.75) is 44.7 Å². The quantitative estimate of drug-likeness (QED) is 0.839. The van der Waals surface area contributed by atoms with Gasteiger partial charge in [-0.3, -0.25) is 0 Å². The van der Waals surface area contributed by atoms with E-state index in [-0.39, 0.29) is 0 Å². The van der Waals surface area contributed by atoms with E-state index in [1.54, 1.807) is 0 Å². The molecule has 1 fully saturated rings. The summed E-state index contributed by atoms with van der Waals surface area (Å²) in [5.74, 6) is 0. The Morgan fingerprint density at radius 3 is 2.81 bits per heavy atom. The molecule has 0 saturated heterocycles. The number of hydrogen-bond donors (Lipinski definition) is 1. The highest BCUT2D eigenvalue weighted by atomic mass is 14.9. The first-order valence-electron chi connectivity index (χ1n) is 6.05. The molecule has 1 aromatic rings. The van der Waals surface area contributed by atoms with Crippen LogP contribution in [0.15, 0.2) is 24.3 Å². The molecule has 2 rings (SSSR count). The Kier molecular flexibility index (Phi) is 3.58. The molecule has 0 amide bonds. The van der Waals surface area contributed by atoms with Crippen molar-refractivity contribution in [3.63, 3.8) is 0 Å². The molecule has 2 heteroatoms. The molecule has 1 N–H and O–H groups in total. The molecule has 1 saturated carbocycles. The summed E-state index contributed by atoms with van der Waals surface area (Å²) in [6.07, 6.45) is 5.29. The standard InChI is InChI=1S/C14H18N2/c1-11(16-14-7-2-3-8-14)13-6-4-5-12(9-13)10-15/h4-6,9,11,14,16H,2-3,7-8H2,1H3. The van der Waals surface area contributed by atoms with Crippen molar-refractivity contribution in [2.75, 3.05) is 0 Å². The van der Waals surface area contributed by atoms with Crippen molar-refractivity contribution < 1.29 is 0 Å². The molecule has 16 heavy (non-hydrogen) atoms. The number of benzene rings is 1. The minimum Gasteiger partial charge on any atom is -0.307 e. The highest BCUT2D eigenvalue weighted by molar-refractivity contribution is 5.34. The third-order valence-electron chi connectivity index (χ3n) is 3.36. The van der Waals surface area contributed by atoms with Gasteiger partial charge in [0.25, 0.3) is 0 Å². The highest BCUT2D eigenvalue weighted by Gasteiger charge is 2.17. The Bertz CT molecular complexity index is 386. The number of hydrogen-bond acceptors (Lipinski definition) is 2. The molecule has 0 bridgehead atoms. The molecule has 0 radical (unpaired) electrons. The van der Waals surface area contributed by atoms with Gasteiger partial charge in [0, 0.05) is 12.1 Å². The first-order chi connectivity index (χ1) is 7.79. The molecule has 1 aliphatic rings. The molecule has 1 unspecified atom stereocenters. The van der Waals surface area contributed by atoms with Crippen LogP contribution in [0, 0.1) is 11.3 Å². The van der Waals surface area contributed by atoms with Gasteiger partial charge >= 0.3 is 0 Å². The van der Waals surface area contributed by atoms with Gasteiger partial charge in [0.15, 0.2) is 0 Å². The van der Waals surface area contributed by atoms with Crippen molar-refractivity contribution in [1.82, 2.24) is 5.32 Å². The first-order valence-corrected chi connectivity index (χ1v) is 6.05. The maximum atomic E-state index is 8.86. The molecule has 1 atom stereocenters. The Balaban J connectivity index is 2.02. The van der Waals surface area contributed by atoms with Gasteiger partial charge in [-0.2, -0.15) is 5.26 Å². The molecule has 0 spiro atoms. The molecule has 0 heterocycles. The van der Waals surface area contributed by atoms with Gasteiger partial charge in [0.05, 0.1) is 11.6 Å². The van der Waals surface area contributed by atoms with Crippen LogP contribution in [-0.2, 0) is 0 Å². The highest BCUT2D eigenvalue weighted by Crippen LogP contribution is 2.22. The van der Waals surface area contributed by atoms with E-state index in [0.29, 0.717) is 12.1 Å². The molecule has 0 aromatic heterocycles. The van der Waals surface area contributed by atoms with Crippen LogP contribution < -0.4 is 5.32 Å². The van der Waals surface area contributed by atoms with Crippen molar-refractivity contribution in [3.05, 3.63) is 35.4 Å². The zero-order valence-corrected chi connectivity index (χ0v) is 9.74. The van der Waals surface area contributed by atoms with E-state index >= 15 is 0 Å². The maximum Gasteiger partial charge on any atom is 0.0991 e. The third-order valence-corrected chi connectivity index (χ3v) is 3.36. The second-order valence-corrected chi connectivity index (χ2v) is 4.61. The topological polar surface area (TPSA) is 35.8 Å². The molecular formula is C14H18N2. The minimum absolute atomic E-state index is 0.344. The zero-order valence-electron chi connectivity index (χ0n) is 9.74. The van der Waals surface area contributed by atoms with Crippen LogP contribution in [0.4, 0.5) is 0 Å². The third kappa shape index (κ3) is 2.62. The average Bonchev–Trinajstić information content (AvgIpc) is 2.82. The summed E-state index contributed by atoms with van der Waals surface area (Å²) in [6, 6.07) is 11.1. The van der Waals surface area contributed by atoms with Gasteiger partial charge < -0.3 is 5.32 Å². The summed E-state index contributed by atoms with van der Waals surface area (Å²) in [5.41, 5.74) is 1.96. The maximum absolute atomic E-state index is 8.86. The van der Waals surface area contributed by atoms with Crippen molar-refractivity contribution in [1.29, 1.82) is 5.26 Å². The van der Waals surface area contributed by atoms with Crippen LogP contribution in [0.1, 0.15) is 49.8 Å². The lowest BCUT2D eigenvalue weighted by atomic mass is 10.0. The smallest absolute Gasteiger partial charge is 0.0991 e. The van der Waals surface area contributed by atoms with E-state index in [9.17, 15) is 0 Å². The lowest BCUT2D eigenvalue weighted by Crippen LogP contribution is -2.28. The summed E-state index contributed by atoms with van der Waals surface area (Å²) in [7, 11) is 0. The number of nitriles is 1. The lowest BCUT2D eigenvalue weighted by Gasteiger charge is -2.19. The fraction of sp³-hybridized carbons (Fsp3) is 0.500. The van der Waals surface area contributed by atoms with Crippen LogP contribution in [0.5, 0.6) is 0 Å². The summed E-state index contributed by atoms with van der Waals surface area (Å²) >= 11 is 0. The van der Waals surface area contributed by atoms with Crippen molar-refractivity contribution >= 4 is 0 Å². The van der Waals surface area contributed by atoms with E-state index in [1.807, 2.05) is 18.2 Å². The number of nitrogens with one attached hydrogen (secondary N) is 1. The summed E-state index contributed by atoms with van der Waals surface area (Å²) in [6.45, 7) is 2.18. The SMILES string of the molecule is CC(NC1CCCC1)c1cccc(C#N)c1. The average molecular weight is 214 g/mol. The van der Waals surface area contributed by atoms with E-state index < -0.39 is 0 Å². The van der Waals surface area contributed by atoms with Crippen molar-refractivity contribution in [3.8, 4) is 6.07 Å². The van der Waals surface area contributed by atoms with E-state index in [2.05, 4.69) is 24.4 Å². The zero-order chi connectivity index (χ0) is 11.4. The summed E-state index contributed by atoms with van der Waals surface area (Å²) in [4.78, 5) is 0. The minimum atomic E-state index is 0.344. The van der Waals surface area contributed by atoms with E-state index in [0.717, 1.165) is 5.56 Å². The van der Waals surface area contributed by atoms with Gasteiger partial charge in [-0.05, 0) is 37.5 Å². The molecule has 2 nitrogen and oxygen atoms in total. The fourth-order valence-electron chi connectivity index (χ4n) is 2.42. The predicted molar refractivity (Wildman–Crippen MR) is 65.0 cm³/mol. The molecule has 0 aliphatic heterocycles. The molecular weight excluding hydrogens is 196 g/mol. The molecule has 84 valence electrons. The fourth-order valence-corrected chi connectivity index (χ4v) is 2.42. The van der Waals surface area contributed by atoms with Gasteiger partial charge in [-0.25, -0.2) is 0 Å². The lowest BCUT2D eigenvalue weighted by molar-refractivity contribution is 0.461. The van der Waals surface area contributed by atoms with Gasteiger partial charge in [-0.1, -0.05) is 25.0 Å². The van der Waals surface area contributed by atoms with E-state index in [4.69, 9.17) is 5.26 Å². The Morgan fingerprint density at radius 1 is 1.38 bits per heavy atom. The Hall–Kier alpha value is -1.33. The van der Waals surface area contributed by atoms with E-state index in [1.165, 1.54) is 31.2 Å². The normalized spacial score (nSPS) is 18.2. The number of nitrogens with zero attached hydrogens (tertiary/aromatic N) is 1. The van der Waals surface area contributed by atoms with Crippen molar-refractivity contribution in [2.24, 2.45) is 0 Å². The van der Waals surface area contributed by atoms with Gasteiger partial charge in [0.1, 0.15) is 0 Å².